The molecular weight excluding hydrogens is 282 g/mol. The standard InChI is InChI=1S/C17H27NO4/c1-5-21-14-8-7-13(10-15(14)22-6-2)9-12(3)11-17(4,18)16(19)20/h7-8,10,12H,5-6,9,11,18H2,1-4H3,(H,19,20). The number of benzene rings is 1. The molecular formula is C17H27NO4. The second-order valence-corrected chi connectivity index (χ2v) is 5.88. The van der Waals surface area contributed by atoms with Crippen LogP contribution in [-0.2, 0) is 11.2 Å². The van der Waals surface area contributed by atoms with Crippen LogP contribution in [0.4, 0.5) is 0 Å². The lowest BCUT2D eigenvalue weighted by atomic mass is 9.87. The highest BCUT2D eigenvalue weighted by Crippen LogP contribution is 2.30. The molecule has 124 valence electrons. The molecule has 3 N–H and O–H groups in total. The molecule has 5 nitrogen and oxygen atoms in total. The highest BCUT2D eigenvalue weighted by Gasteiger charge is 2.29. The average molecular weight is 309 g/mol. The second kappa shape index (κ2) is 8.03. The topological polar surface area (TPSA) is 81.8 Å². The van der Waals surface area contributed by atoms with E-state index in [-0.39, 0.29) is 5.92 Å². The van der Waals surface area contributed by atoms with Crippen molar-refractivity contribution >= 4 is 5.97 Å². The van der Waals surface area contributed by atoms with Crippen LogP contribution >= 0.6 is 0 Å². The summed E-state index contributed by atoms with van der Waals surface area (Å²) in [5, 5.41) is 9.10. The first-order chi connectivity index (χ1) is 10.3. The summed E-state index contributed by atoms with van der Waals surface area (Å²) in [4.78, 5) is 11.1. The first kappa shape index (κ1) is 18.3. The average Bonchev–Trinajstić information content (AvgIpc) is 2.41. The van der Waals surface area contributed by atoms with E-state index in [1.54, 1.807) is 6.92 Å². The van der Waals surface area contributed by atoms with Crippen LogP contribution < -0.4 is 15.2 Å². The predicted molar refractivity (Wildman–Crippen MR) is 86.5 cm³/mol. The van der Waals surface area contributed by atoms with Crippen molar-refractivity contribution in [3.8, 4) is 11.5 Å². The van der Waals surface area contributed by atoms with Gasteiger partial charge in [-0.1, -0.05) is 13.0 Å². The smallest absolute Gasteiger partial charge is 0.323 e. The summed E-state index contributed by atoms with van der Waals surface area (Å²) in [6.45, 7) is 8.57. The molecule has 1 aromatic carbocycles. The summed E-state index contributed by atoms with van der Waals surface area (Å²) < 4.78 is 11.1. The van der Waals surface area contributed by atoms with Gasteiger partial charge in [0.25, 0.3) is 0 Å². The number of rotatable bonds is 9. The quantitative estimate of drug-likeness (QED) is 0.733. The lowest BCUT2D eigenvalue weighted by Gasteiger charge is -2.23. The van der Waals surface area contributed by atoms with E-state index in [1.165, 1.54) is 0 Å². The van der Waals surface area contributed by atoms with Gasteiger partial charge in [-0.15, -0.1) is 0 Å². The maximum Gasteiger partial charge on any atom is 0.323 e. The van der Waals surface area contributed by atoms with Crippen molar-refractivity contribution in [2.24, 2.45) is 11.7 Å². The van der Waals surface area contributed by atoms with Gasteiger partial charge in [0.05, 0.1) is 13.2 Å². The van der Waals surface area contributed by atoms with Gasteiger partial charge in [-0.2, -0.15) is 0 Å². The van der Waals surface area contributed by atoms with Gasteiger partial charge in [-0.25, -0.2) is 0 Å². The van der Waals surface area contributed by atoms with Crippen molar-refractivity contribution in [3.05, 3.63) is 23.8 Å². The Morgan fingerprint density at radius 2 is 1.86 bits per heavy atom. The van der Waals surface area contributed by atoms with Crippen molar-refractivity contribution in [2.75, 3.05) is 13.2 Å². The maximum atomic E-state index is 11.1. The minimum Gasteiger partial charge on any atom is -0.490 e. The summed E-state index contributed by atoms with van der Waals surface area (Å²) in [6.07, 6.45) is 1.16. The monoisotopic (exact) mass is 309 g/mol. The van der Waals surface area contributed by atoms with Crippen LogP contribution in [0, 0.1) is 5.92 Å². The molecule has 1 aromatic rings. The summed E-state index contributed by atoms with van der Waals surface area (Å²) in [7, 11) is 0. The number of aliphatic carboxylic acids is 1. The molecule has 0 aliphatic heterocycles. The van der Waals surface area contributed by atoms with Gasteiger partial charge in [0.2, 0.25) is 0 Å². The third-order valence-electron chi connectivity index (χ3n) is 3.45. The van der Waals surface area contributed by atoms with E-state index < -0.39 is 11.5 Å². The van der Waals surface area contributed by atoms with E-state index >= 15 is 0 Å². The van der Waals surface area contributed by atoms with Crippen molar-refractivity contribution < 1.29 is 19.4 Å². The van der Waals surface area contributed by atoms with Gasteiger partial charge < -0.3 is 20.3 Å². The molecule has 0 amide bonds. The van der Waals surface area contributed by atoms with Crippen LogP contribution in [0.5, 0.6) is 11.5 Å². The van der Waals surface area contributed by atoms with Crippen molar-refractivity contribution in [1.82, 2.24) is 0 Å². The molecule has 0 fully saturated rings. The Hall–Kier alpha value is -1.75. The van der Waals surface area contributed by atoms with Gasteiger partial charge in [-0.3, -0.25) is 4.79 Å². The SMILES string of the molecule is CCOc1ccc(CC(C)CC(C)(N)C(=O)O)cc1OCC. The zero-order valence-electron chi connectivity index (χ0n) is 13.9. The van der Waals surface area contributed by atoms with E-state index in [4.69, 9.17) is 20.3 Å². The van der Waals surface area contributed by atoms with Gasteiger partial charge in [0.15, 0.2) is 11.5 Å². The number of carboxylic acids is 1. The Bertz CT molecular complexity index is 499. The van der Waals surface area contributed by atoms with Gasteiger partial charge >= 0.3 is 5.97 Å². The van der Waals surface area contributed by atoms with Gasteiger partial charge in [0.1, 0.15) is 5.54 Å². The fraction of sp³-hybridized carbons (Fsp3) is 0.588. The van der Waals surface area contributed by atoms with Crippen LogP contribution in [0.2, 0.25) is 0 Å². The lowest BCUT2D eigenvalue weighted by molar-refractivity contribution is -0.143. The number of hydrogen-bond donors (Lipinski definition) is 2. The fourth-order valence-electron chi connectivity index (χ4n) is 2.51. The third kappa shape index (κ3) is 5.22. The zero-order valence-corrected chi connectivity index (χ0v) is 13.9. The molecule has 0 spiro atoms. The molecule has 2 unspecified atom stereocenters. The molecule has 22 heavy (non-hydrogen) atoms. The molecule has 0 radical (unpaired) electrons. The Morgan fingerprint density at radius 1 is 1.27 bits per heavy atom. The van der Waals surface area contributed by atoms with Crippen LogP contribution in [0.15, 0.2) is 18.2 Å². The van der Waals surface area contributed by atoms with E-state index in [1.807, 2.05) is 39.0 Å². The molecule has 0 saturated carbocycles. The predicted octanol–water partition coefficient (Wildman–Crippen LogP) is 2.85. The van der Waals surface area contributed by atoms with Crippen LogP contribution in [0.3, 0.4) is 0 Å². The third-order valence-corrected chi connectivity index (χ3v) is 3.45. The van der Waals surface area contributed by atoms with Gasteiger partial charge in [0, 0.05) is 0 Å². The first-order valence-corrected chi connectivity index (χ1v) is 7.71. The number of ether oxygens (including phenoxy) is 2. The van der Waals surface area contributed by atoms with Crippen molar-refractivity contribution in [2.45, 2.75) is 46.1 Å². The molecule has 1 rings (SSSR count). The fourth-order valence-corrected chi connectivity index (χ4v) is 2.51. The molecule has 2 atom stereocenters. The highest BCUT2D eigenvalue weighted by molar-refractivity contribution is 5.77. The number of hydrogen-bond acceptors (Lipinski definition) is 4. The van der Waals surface area contributed by atoms with Crippen LogP contribution in [-0.4, -0.2) is 29.8 Å². The Kier molecular flexibility index (Phi) is 6.68. The largest absolute Gasteiger partial charge is 0.490 e. The summed E-state index contributed by atoms with van der Waals surface area (Å²) in [6, 6.07) is 5.84. The normalized spacial score (nSPS) is 15.0. The Balaban J connectivity index is 2.80. The second-order valence-electron chi connectivity index (χ2n) is 5.88. The van der Waals surface area contributed by atoms with E-state index in [0.29, 0.717) is 19.6 Å². The molecule has 0 saturated heterocycles. The van der Waals surface area contributed by atoms with Crippen LogP contribution in [0.1, 0.15) is 39.7 Å². The Morgan fingerprint density at radius 3 is 2.41 bits per heavy atom. The summed E-state index contributed by atoms with van der Waals surface area (Å²) in [5.41, 5.74) is 5.69. The van der Waals surface area contributed by atoms with Crippen molar-refractivity contribution in [3.63, 3.8) is 0 Å². The summed E-state index contributed by atoms with van der Waals surface area (Å²) in [5.74, 6) is 0.636. The minimum absolute atomic E-state index is 0.151. The van der Waals surface area contributed by atoms with E-state index in [2.05, 4.69) is 0 Å². The van der Waals surface area contributed by atoms with Crippen LogP contribution in [0.25, 0.3) is 0 Å². The van der Waals surface area contributed by atoms with E-state index in [9.17, 15) is 4.79 Å². The summed E-state index contributed by atoms with van der Waals surface area (Å²) >= 11 is 0. The molecule has 0 aliphatic rings. The first-order valence-electron chi connectivity index (χ1n) is 7.71. The maximum absolute atomic E-state index is 11.1. The minimum atomic E-state index is -1.20. The van der Waals surface area contributed by atoms with Gasteiger partial charge in [-0.05, 0) is 57.2 Å². The number of carbonyl (C=O) groups is 1. The number of nitrogens with two attached hydrogens (primary N) is 1. The van der Waals surface area contributed by atoms with E-state index in [0.717, 1.165) is 23.5 Å². The molecule has 0 aromatic heterocycles. The molecule has 0 heterocycles. The molecule has 0 aliphatic carbocycles. The number of carboxylic acid groups (broad SMARTS) is 1. The lowest BCUT2D eigenvalue weighted by Crippen LogP contribution is -2.46. The molecule has 5 heteroatoms. The Labute approximate surface area is 132 Å². The highest BCUT2D eigenvalue weighted by atomic mass is 16.5. The van der Waals surface area contributed by atoms with Crippen molar-refractivity contribution in [1.29, 1.82) is 0 Å². The zero-order chi connectivity index (χ0) is 16.8. The molecule has 0 bridgehead atoms.